The van der Waals surface area contributed by atoms with Gasteiger partial charge < -0.3 is 39.0 Å². The second-order valence-electron chi connectivity index (χ2n) is 11.5. The Morgan fingerprint density at radius 1 is 0.685 bits per heavy atom. The van der Waals surface area contributed by atoms with Gasteiger partial charge in [-0.2, -0.15) is 0 Å². The van der Waals surface area contributed by atoms with Crippen LogP contribution in [-0.4, -0.2) is 122 Å². The molecule has 0 radical (unpaired) electrons. The van der Waals surface area contributed by atoms with Crippen LogP contribution < -0.4 is 0 Å². The van der Waals surface area contributed by atoms with Gasteiger partial charge in [-0.3, -0.25) is 59.6 Å². The summed E-state index contributed by atoms with van der Waals surface area (Å²) in [6, 6.07) is 4.81. The summed E-state index contributed by atoms with van der Waals surface area (Å²) < 4.78 is 25.1. The second kappa shape index (κ2) is 24.5. The average molecular weight is 779 g/mol. The average Bonchev–Trinajstić information content (AvgIpc) is 3.09. The maximum Gasteiger partial charge on any atom is 0.313 e. The summed E-state index contributed by atoms with van der Waals surface area (Å²) in [5.41, 5.74) is 0.930. The van der Waals surface area contributed by atoms with Gasteiger partial charge in [-0.25, -0.2) is 0 Å². The summed E-state index contributed by atoms with van der Waals surface area (Å²) in [4.78, 5) is 87.3. The Labute approximate surface area is 305 Å². The minimum absolute atomic E-state index is 0.125. The third-order valence-electron chi connectivity index (χ3n) is 7.18. The van der Waals surface area contributed by atoms with E-state index in [-0.39, 0.29) is 11.5 Å². The molecule has 1 fully saturated rings. The number of carbonyl (C=O) groups excluding carboxylic acids is 4. The van der Waals surface area contributed by atoms with E-state index in [1.165, 1.54) is 25.3 Å². The van der Waals surface area contributed by atoms with Crippen molar-refractivity contribution in [1.29, 1.82) is 0 Å². The smallest absolute Gasteiger partial charge is 0.313 e. The molecule has 24 nitrogen and oxygen atoms in total. The highest BCUT2D eigenvalue weighted by atomic mass is 16.7. The van der Waals surface area contributed by atoms with E-state index in [4.69, 9.17) is 28.8 Å². The van der Waals surface area contributed by atoms with Crippen molar-refractivity contribution in [3.63, 3.8) is 0 Å². The number of esters is 4. The highest BCUT2D eigenvalue weighted by Gasteiger charge is 2.52. The van der Waals surface area contributed by atoms with Crippen LogP contribution in [0.25, 0.3) is 0 Å². The molecule has 24 heteroatoms. The van der Waals surface area contributed by atoms with Crippen LogP contribution in [0, 0.1) is 40.5 Å². The molecule has 1 aromatic rings. The van der Waals surface area contributed by atoms with Gasteiger partial charge in [-0.15, -0.1) is 0 Å². The molecular weight excluding hydrogens is 736 g/mol. The molecule has 0 spiro atoms. The number of unbranched alkanes of at least 4 members (excludes halogenated alkanes) is 3. The van der Waals surface area contributed by atoms with Crippen LogP contribution in [0.2, 0.25) is 0 Å². The Morgan fingerprint density at radius 2 is 1.15 bits per heavy atom. The molecule has 5 atom stereocenters. The lowest BCUT2D eigenvalue weighted by Gasteiger charge is -2.42. The molecule has 0 saturated carbocycles. The first kappa shape index (κ1) is 46.2. The Balaban J connectivity index is 0.000000866. The van der Waals surface area contributed by atoms with Crippen molar-refractivity contribution < 1.29 is 77.9 Å². The zero-order chi connectivity index (χ0) is 40.8. The van der Waals surface area contributed by atoms with Gasteiger partial charge in [0.1, 0.15) is 49.9 Å². The molecule has 54 heavy (non-hydrogen) atoms. The Morgan fingerprint density at radius 3 is 1.61 bits per heavy atom. The number of ether oxygens (including phenoxy) is 5. The molecule has 0 amide bonds. The minimum Gasteiger partial charge on any atom is -0.508 e. The number of phenolic OH excluding ortho intramolecular Hbond substituents is 2. The highest BCUT2D eigenvalue weighted by Crippen LogP contribution is 2.29. The standard InChI is InChI=1S/C18H24N4O18.C12H18O2/c23-11(1-5-19(28)29)36-9-10-15(38-12(24)2-6-20(30)31)16(39-13(25)3-7-21(32)33)17(18(27)37-10)40-14(26)4-8-22(34)35;1-2-3-4-5-6-10-7-8-11(13)9-12(10)14/h10,15-18,27H,1-9H2;7-9,13-14H,2-6H2,1H3. The van der Waals surface area contributed by atoms with Crippen LogP contribution in [0.3, 0.4) is 0 Å². The quantitative estimate of drug-likeness (QED) is 0.0483. The number of hydrogen-bond donors (Lipinski definition) is 3. The van der Waals surface area contributed by atoms with Crippen molar-refractivity contribution in [2.75, 3.05) is 32.8 Å². The molecule has 1 aliphatic rings. The van der Waals surface area contributed by atoms with E-state index >= 15 is 0 Å². The zero-order valence-electron chi connectivity index (χ0n) is 29.1. The molecule has 302 valence electrons. The van der Waals surface area contributed by atoms with Gasteiger partial charge in [-0.05, 0) is 24.5 Å². The van der Waals surface area contributed by atoms with Crippen molar-refractivity contribution in [3.8, 4) is 11.5 Å². The Hall–Kier alpha value is -5.78. The van der Waals surface area contributed by atoms with Crippen molar-refractivity contribution in [3.05, 3.63) is 64.2 Å². The normalized spacial score (nSPS) is 18.9. The van der Waals surface area contributed by atoms with E-state index in [0.717, 1.165) is 18.4 Å². The summed E-state index contributed by atoms with van der Waals surface area (Å²) in [6.45, 7) is -2.28. The fourth-order valence-electron chi connectivity index (χ4n) is 4.55. The molecular formula is C30H42N4O20. The molecule has 1 saturated heterocycles. The molecule has 1 aromatic carbocycles. The zero-order valence-corrected chi connectivity index (χ0v) is 29.1. The minimum atomic E-state index is -2.22. The lowest BCUT2D eigenvalue weighted by Crippen LogP contribution is -2.62. The van der Waals surface area contributed by atoms with Crippen LogP contribution in [0.5, 0.6) is 11.5 Å². The maximum atomic E-state index is 12.3. The van der Waals surface area contributed by atoms with E-state index in [1.54, 1.807) is 12.1 Å². The Bertz CT molecular complexity index is 1460. The largest absolute Gasteiger partial charge is 0.508 e. The van der Waals surface area contributed by atoms with Gasteiger partial charge >= 0.3 is 23.9 Å². The molecule has 5 unspecified atom stereocenters. The van der Waals surface area contributed by atoms with Gasteiger partial charge in [0.15, 0.2) is 24.6 Å². The van der Waals surface area contributed by atoms with Crippen LogP contribution >= 0.6 is 0 Å². The third kappa shape index (κ3) is 19.2. The second-order valence-corrected chi connectivity index (χ2v) is 11.5. The van der Waals surface area contributed by atoms with Gasteiger partial charge in [0.2, 0.25) is 26.2 Å². The lowest BCUT2D eigenvalue weighted by atomic mass is 9.98. The number of nitro groups is 4. The van der Waals surface area contributed by atoms with Gasteiger partial charge in [0.05, 0.1) is 0 Å². The number of aliphatic hydroxyl groups excluding tert-OH is 1. The van der Waals surface area contributed by atoms with E-state index < -0.39 is 133 Å². The van der Waals surface area contributed by atoms with Gasteiger partial charge in [0, 0.05) is 25.8 Å². The van der Waals surface area contributed by atoms with E-state index in [9.17, 15) is 69.8 Å². The third-order valence-corrected chi connectivity index (χ3v) is 7.18. The fraction of sp³-hybridized carbons (Fsp3) is 0.667. The van der Waals surface area contributed by atoms with Crippen molar-refractivity contribution >= 4 is 23.9 Å². The van der Waals surface area contributed by atoms with Crippen LogP contribution in [0.1, 0.15) is 63.9 Å². The summed E-state index contributed by atoms with van der Waals surface area (Å²) in [5.74, 6) is -4.73. The molecule has 2 rings (SSSR count). The number of aliphatic hydroxyl groups is 1. The van der Waals surface area contributed by atoms with E-state index in [0.29, 0.717) is 0 Å². The SMILES string of the molecule is CCCCCCc1ccc(O)cc1O.O=C(CC[N+](=O)[O-])OCC1OC(O)C(OC(=O)CC[N+](=O)[O-])C(OC(=O)CC[N+](=O)[O-])C1OC(=O)CC[N+](=O)[O-]. The lowest BCUT2D eigenvalue weighted by molar-refractivity contribution is -0.479. The first-order chi connectivity index (χ1) is 25.4. The predicted molar refractivity (Wildman–Crippen MR) is 175 cm³/mol. The number of aryl methyl sites for hydroxylation is 1. The number of carbonyl (C=O) groups is 4. The van der Waals surface area contributed by atoms with Gasteiger partial charge in [0.25, 0.3) is 0 Å². The number of benzene rings is 1. The van der Waals surface area contributed by atoms with Crippen molar-refractivity contribution in [2.24, 2.45) is 0 Å². The van der Waals surface area contributed by atoms with Crippen molar-refractivity contribution in [1.82, 2.24) is 0 Å². The Kier molecular flexibility index (Phi) is 20.9. The molecule has 0 bridgehead atoms. The highest BCUT2D eigenvalue weighted by molar-refractivity contribution is 5.72. The molecule has 1 heterocycles. The summed E-state index contributed by atoms with van der Waals surface area (Å²) in [6.07, 6.45) is -7.50. The van der Waals surface area contributed by atoms with Crippen molar-refractivity contribution in [2.45, 2.75) is 95.4 Å². The molecule has 1 aliphatic heterocycles. The van der Waals surface area contributed by atoms with Gasteiger partial charge in [-0.1, -0.05) is 32.3 Å². The number of aromatic hydroxyl groups is 2. The number of phenols is 2. The van der Waals surface area contributed by atoms with Crippen LogP contribution in [0.15, 0.2) is 18.2 Å². The topological polar surface area (TPSA) is 348 Å². The van der Waals surface area contributed by atoms with E-state index in [2.05, 4.69) is 6.92 Å². The first-order valence-electron chi connectivity index (χ1n) is 16.5. The monoisotopic (exact) mass is 778 g/mol. The summed E-state index contributed by atoms with van der Waals surface area (Å²) >= 11 is 0. The summed E-state index contributed by atoms with van der Waals surface area (Å²) in [5, 5.41) is 71.2. The first-order valence-corrected chi connectivity index (χ1v) is 16.5. The number of nitrogens with zero attached hydrogens (tertiary/aromatic N) is 4. The molecule has 3 N–H and O–H groups in total. The van der Waals surface area contributed by atoms with Crippen LogP contribution in [0.4, 0.5) is 0 Å². The fourth-order valence-corrected chi connectivity index (χ4v) is 4.55. The number of hydrogen-bond acceptors (Lipinski definition) is 20. The predicted octanol–water partition coefficient (Wildman–Crippen LogP) is 0.870. The molecule has 0 aliphatic carbocycles. The molecule has 0 aromatic heterocycles. The summed E-state index contributed by atoms with van der Waals surface area (Å²) in [7, 11) is 0. The maximum absolute atomic E-state index is 12.3. The number of rotatable bonds is 22. The van der Waals surface area contributed by atoms with Crippen LogP contribution in [-0.2, 0) is 49.3 Å². The van der Waals surface area contributed by atoms with E-state index in [1.807, 2.05) is 0 Å².